The summed E-state index contributed by atoms with van der Waals surface area (Å²) in [6.07, 6.45) is 0. The summed E-state index contributed by atoms with van der Waals surface area (Å²) in [5.41, 5.74) is 5.67. The number of fused-ring (bicyclic) bond motifs is 1. The highest BCUT2D eigenvalue weighted by atomic mass is 32.2. The van der Waals surface area contributed by atoms with Gasteiger partial charge in [0.05, 0.1) is 24.1 Å². The van der Waals surface area contributed by atoms with Crippen LogP contribution in [0.4, 0.5) is 5.69 Å². The summed E-state index contributed by atoms with van der Waals surface area (Å²) in [6, 6.07) is 33.7. The van der Waals surface area contributed by atoms with E-state index in [1.807, 2.05) is 104 Å². The van der Waals surface area contributed by atoms with E-state index in [4.69, 9.17) is 9.72 Å². The molecule has 1 heterocycles. The molecule has 0 radical (unpaired) electrons. The Morgan fingerprint density at radius 3 is 2.39 bits per heavy atom. The molecule has 5 rings (SSSR count). The summed E-state index contributed by atoms with van der Waals surface area (Å²) in [5.74, 6) is 0.688. The van der Waals surface area contributed by atoms with E-state index in [-0.39, 0.29) is 11.7 Å². The maximum absolute atomic E-state index is 13.0. The molecule has 0 aliphatic heterocycles. The largest absolute Gasteiger partial charge is 0.497 e. The summed E-state index contributed by atoms with van der Waals surface area (Å²) in [4.78, 5) is 17.8. The topological polar surface area (TPSA) is 75.0 Å². The number of nitrogens with one attached hydrogen (secondary N) is 1. The Hall–Kier alpha value is -4.60. The third-order valence-electron chi connectivity index (χ3n) is 6.25. The first-order valence-corrected chi connectivity index (χ1v) is 13.1. The zero-order valence-corrected chi connectivity index (χ0v) is 21.9. The van der Waals surface area contributed by atoms with Crippen LogP contribution in [0.25, 0.3) is 33.2 Å². The number of pyridine rings is 1. The van der Waals surface area contributed by atoms with Gasteiger partial charge in [-0.2, -0.15) is 5.26 Å². The number of benzene rings is 4. The first-order valence-electron chi connectivity index (χ1n) is 12.1. The molecular formula is C32H25N3O2S. The number of hydrogen-bond acceptors (Lipinski definition) is 5. The number of carbonyl (C=O) groups is 1. The van der Waals surface area contributed by atoms with Gasteiger partial charge in [0.15, 0.2) is 0 Å². The van der Waals surface area contributed by atoms with Crippen LogP contribution in [0, 0.1) is 18.3 Å². The fourth-order valence-corrected chi connectivity index (χ4v) is 5.06. The third-order valence-corrected chi connectivity index (χ3v) is 7.23. The van der Waals surface area contributed by atoms with Crippen molar-refractivity contribution < 1.29 is 9.53 Å². The number of carbonyl (C=O) groups excluding carboxylic acids is 1. The average molecular weight is 516 g/mol. The minimum atomic E-state index is -0.163. The van der Waals surface area contributed by atoms with Crippen LogP contribution < -0.4 is 10.1 Å². The number of nitriles is 1. The number of nitrogens with zero attached hydrogens (tertiary/aromatic N) is 2. The molecule has 4 aromatic carbocycles. The van der Waals surface area contributed by atoms with Crippen molar-refractivity contribution in [2.45, 2.75) is 11.9 Å². The molecular weight excluding hydrogens is 490 g/mol. The van der Waals surface area contributed by atoms with Crippen molar-refractivity contribution in [1.29, 1.82) is 5.26 Å². The Labute approximate surface area is 226 Å². The van der Waals surface area contributed by atoms with Crippen LogP contribution >= 0.6 is 11.8 Å². The van der Waals surface area contributed by atoms with Crippen LogP contribution in [0.2, 0.25) is 0 Å². The fraction of sp³-hybridized carbons (Fsp3) is 0.0938. The second kappa shape index (κ2) is 11.2. The predicted molar refractivity (Wildman–Crippen MR) is 154 cm³/mol. The van der Waals surface area contributed by atoms with E-state index < -0.39 is 0 Å². The maximum Gasteiger partial charge on any atom is 0.234 e. The van der Waals surface area contributed by atoms with Crippen LogP contribution in [0.5, 0.6) is 5.75 Å². The Morgan fingerprint density at radius 1 is 0.947 bits per heavy atom. The van der Waals surface area contributed by atoms with Crippen LogP contribution in [0.3, 0.4) is 0 Å². The highest BCUT2D eigenvalue weighted by Gasteiger charge is 2.17. The zero-order valence-electron chi connectivity index (χ0n) is 21.1. The normalized spacial score (nSPS) is 10.7. The van der Waals surface area contributed by atoms with Crippen molar-refractivity contribution >= 4 is 34.1 Å². The van der Waals surface area contributed by atoms with E-state index in [0.717, 1.165) is 50.2 Å². The Morgan fingerprint density at radius 2 is 1.66 bits per heavy atom. The smallest absolute Gasteiger partial charge is 0.234 e. The van der Waals surface area contributed by atoms with E-state index in [2.05, 4.69) is 11.4 Å². The lowest BCUT2D eigenvalue weighted by atomic mass is 9.99. The van der Waals surface area contributed by atoms with Gasteiger partial charge >= 0.3 is 0 Å². The summed E-state index contributed by atoms with van der Waals surface area (Å²) in [7, 11) is 1.62. The maximum atomic E-state index is 13.0. The average Bonchev–Trinajstić information content (AvgIpc) is 2.96. The number of ether oxygens (including phenoxy) is 1. The van der Waals surface area contributed by atoms with Crippen molar-refractivity contribution in [2.24, 2.45) is 0 Å². The number of hydrogen-bond donors (Lipinski definition) is 1. The van der Waals surface area contributed by atoms with E-state index >= 15 is 0 Å². The van der Waals surface area contributed by atoms with Gasteiger partial charge in [0.25, 0.3) is 0 Å². The van der Waals surface area contributed by atoms with Gasteiger partial charge in [-0.1, -0.05) is 90.1 Å². The molecule has 0 spiro atoms. The summed E-state index contributed by atoms with van der Waals surface area (Å²) in [5, 5.41) is 15.7. The first kappa shape index (κ1) is 25.1. The van der Waals surface area contributed by atoms with Crippen LogP contribution in [-0.4, -0.2) is 23.8 Å². The second-order valence-corrected chi connectivity index (χ2v) is 9.77. The number of methoxy groups -OCH3 is 1. The molecule has 1 N–H and O–H groups in total. The monoisotopic (exact) mass is 515 g/mol. The molecule has 5 aromatic rings. The Kier molecular flexibility index (Phi) is 7.39. The number of rotatable bonds is 7. The summed E-state index contributed by atoms with van der Waals surface area (Å²) in [6.45, 7) is 2.04. The van der Waals surface area contributed by atoms with Gasteiger partial charge in [0, 0.05) is 22.2 Å². The second-order valence-electron chi connectivity index (χ2n) is 8.81. The van der Waals surface area contributed by atoms with Crippen LogP contribution in [-0.2, 0) is 4.79 Å². The lowest BCUT2D eigenvalue weighted by Gasteiger charge is -2.13. The number of aryl methyl sites for hydroxylation is 1. The number of amides is 1. The van der Waals surface area contributed by atoms with Gasteiger partial charge in [0.2, 0.25) is 5.91 Å². The van der Waals surface area contributed by atoms with E-state index in [0.29, 0.717) is 10.6 Å². The molecule has 0 bridgehead atoms. The molecule has 0 saturated heterocycles. The van der Waals surface area contributed by atoms with Crippen molar-refractivity contribution in [2.75, 3.05) is 18.2 Å². The van der Waals surface area contributed by atoms with E-state index in [1.54, 1.807) is 7.11 Å². The quantitative estimate of drug-likeness (QED) is 0.227. The number of thioether (sulfide) groups is 1. The molecule has 186 valence electrons. The minimum Gasteiger partial charge on any atom is -0.497 e. The molecule has 0 fully saturated rings. The predicted octanol–water partition coefficient (Wildman–Crippen LogP) is 7.49. The molecule has 5 nitrogen and oxygen atoms in total. The lowest BCUT2D eigenvalue weighted by Crippen LogP contribution is -2.14. The molecule has 0 unspecified atom stereocenters. The summed E-state index contributed by atoms with van der Waals surface area (Å²) < 4.78 is 5.30. The van der Waals surface area contributed by atoms with Crippen molar-refractivity contribution in [3.63, 3.8) is 0 Å². The third kappa shape index (κ3) is 5.39. The molecule has 1 aromatic heterocycles. The van der Waals surface area contributed by atoms with E-state index in [1.165, 1.54) is 11.8 Å². The molecule has 38 heavy (non-hydrogen) atoms. The van der Waals surface area contributed by atoms with Gasteiger partial charge in [-0.3, -0.25) is 4.79 Å². The van der Waals surface area contributed by atoms with Gasteiger partial charge in [0.1, 0.15) is 16.8 Å². The Bertz CT molecular complexity index is 1650. The van der Waals surface area contributed by atoms with Gasteiger partial charge < -0.3 is 10.1 Å². The lowest BCUT2D eigenvalue weighted by molar-refractivity contribution is -0.113. The standard InChI is InChI=1S/C32H25N3O2S/c1-21-10-12-24(13-11-21)30-18-27(23-14-16-25(37-2)17-15-23)28(19-33)32(35-30)38-20-31(36)34-29-9-5-7-22-6-3-4-8-26(22)29/h3-18H,20H2,1-2H3,(H,34,36). The molecule has 0 aliphatic rings. The van der Waals surface area contributed by atoms with Gasteiger partial charge in [-0.15, -0.1) is 0 Å². The minimum absolute atomic E-state index is 0.115. The van der Waals surface area contributed by atoms with Crippen molar-refractivity contribution in [3.05, 3.63) is 108 Å². The van der Waals surface area contributed by atoms with Crippen molar-refractivity contribution in [3.8, 4) is 34.2 Å². The van der Waals surface area contributed by atoms with Crippen LogP contribution in [0.15, 0.2) is 102 Å². The fourth-order valence-electron chi connectivity index (χ4n) is 4.26. The first-order chi connectivity index (χ1) is 18.6. The Balaban J connectivity index is 1.48. The highest BCUT2D eigenvalue weighted by Crippen LogP contribution is 2.35. The van der Waals surface area contributed by atoms with E-state index in [9.17, 15) is 10.1 Å². The van der Waals surface area contributed by atoms with Crippen LogP contribution in [0.1, 0.15) is 11.1 Å². The highest BCUT2D eigenvalue weighted by molar-refractivity contribution is 8.00. The molecule has 0 aliphatic carbocycles. The molecule has 1 amide bonds. The van der Waals surface area contributed by atoms with Gasteiger partial charge in [-0.05, 0) is 42.1 Å². The number of anilines is 1. The zero-order chi connectivity index (χ0) is 26.5. The summed E-state index contributed by atoms with van der Waals surface area (Å²) >= 11 is 1.26. The molecule has 0 saturated carbocycles. The molecule has 0 atom stereocenters. The SMILES string of the molecule is COc1ccc(-c2cc(-c3ccc(C)cc3)nc(SCC(=O)Nc3cccc4ccccc34)c2C#N)cc1. The molecule has 6 heteroatoms. The van der Waals surface area contributed by atoms with Crippen molar-refractivity contribution in [1.82, 2.24) is 4.98 Å². The van der Waals surface area contributed by atoms with Gasteiger partial charge in [-0.25, -0.2) is 4.98 Å². The number of aromatic nitrogens is 1.